The van der Waals surface area contributed by atoms with Gasteiger partial charge in [-0.15, -0.1) is 0 Å². The van der Waals surface area contributed by atoms with E-state index in [2.05, 4.69) is 22.9 Å². The van der Waals surface area contributed by atoms with Gasteiger partial charge in [-0.05, 0) is 24.2 Å². The average molecular weight is 227 g/mol. The molecular weight excluding hydrogens is 214 g/mol. The van der Waals surface area contributed by atoms with E-state index >= 15 is 0 Å². The standard InChI is InChI=1S/C8H13BrF2/c1-6-2-8(3-6,5-9)4-7(10)11/h6-7H,2-5H2,1H3. The van der Waals surface area contributed by atoms with Gasteiger partial charge in [0.2, 0.25) is 6.43 Å². The lowest BCUT2D eigenvalue weighted by molar-refractivity contribution is 0.00945. The topological polar surface area (TPSA) is 0 Å². The zero-order valence-electron chi connectivity index (χ0n) is 6.62. The Morgan fingerprint density at radius 3 is 2.36 bits per heavy atom. The van der Waals surface area contributed by atoms with Crippen LogP contribution in [-0.2, 0) is 0 Å². The van der Waals surface area contributed by atoms with Gasteiger partial charge in [0, 0.05) is 11.8 Å². The van der Waals surface area contributed by atoms with Gasteiger partial charge in [0.15, 0.2) is 0 Å². The molecule has 0 spiro atoms. The van der Waals surface area contributed by atoms with Gasteiger partial charge in [-0.3, -0.25) is 0 Å². The summed E-state index contributed by atoms with van der Waals surface area (Å²) in [5.74, 6) is 0.645. The Kier molecular flexibility index (Phi) is 2.90. The molecule has 3 heteroatoms. The summed E-state index contributed by atoms with van der Waals surface area (Å²) in [4.78, 5) is 0. The molecular formula is C8H13BrF2. The lowest BCUT2D eigenvalue weighted by atomic mass is 9.62. The van der Waals surface area contributed by atoms with E-state index in [0.29, 0.717) is 5.92 Å². The fraction of sp³-hybridized carbons (Fsp3) is 1.00. The van der Waals surface area contributed by atoms with Gasteiger partial charge >= 0.3 is 0 Å². The number of hydrogen-bond donors (Lipinski definition) is 0. The van der Waals surface area contributed by atoms with Gasteiger partial charge in [0.25, 0.3) is 0 Å². The molecule has 1 rings (SSSR count). The second kappa shape index (κ2) is 3.38. The molecule has 0 N–H and O–H groups in total. The lowest BCUT2D eigenvalue weighted by Gasteiger charge is -2.45. The molecule has 0 saturated heterocycles. The summed E-state index contributed by atoms with van der Waals surface area (Å²) < 4.78 is 24.1. The van der Waals surface area contributed by atoms with Crippen LogP contribution >= 0.6 is 15.9 Å². The molecule has 0 atom stereocenters. The van der Waals surface area contributed by atoms with Gasteiger partial charge in [0.05, 0.1) is 0 Å². The molecule has 0 aromatic heterocycles. The van der Waals surface area contributed by atoms with E-state index in [4.69, 9.17) is 0 Å². The molecule has 1 fully saturated rings. The van der Waals surface area contributed by atoms with E-state index in [1.165, 1.54) is 0 Å². The summed E-state index contributed by atoms with van der Waals surface area (Å²) in [5, 5.41) is 0.731. The zero-order valence-corrected chi connectivity index (χ0v) is 8.20. The monoisotopic (exact) mass is 226 g/mol. The van der Waals surface area contributed by atoms with E-state index in [9.17, 15) is 8.78 Å². The second-order valence-corrected chi connectivity index (χ2v) is 4.30. The molecule has 0 heterocycles. The van der Waals surface area contributed by atoms with E-state index in [-0.39, 0.29) is 11.8 Å². The van der Waals surface area contributed by atoms with Crippen LogP contribution < -0.4 is 0 Å². The predicted octanol–water partition coefficient (Wildman–Crippen LogP) is 3.45. The van der Waals surface area contributed by atoms with E-state index in [1.807, 2.05) is 0 Å². The molecule has 1 saturated carbocycles. The van der Waals surface area contributed by atoms with Crippen LogP contribution in [0.25, 0.3) is 0 Å². The summed E-state index contributed by atoms with van der Waals surface area (Å²) in [5.41, 5.74) is -0.0758. The zero-order chi connectivity index (χ0) is 8.48. The van der Waals surface area contributed by atoms with Crippen LogP contribution in [0.2, 0.25) is 0 Å². The normalized spacial score (nSPS) is 37.4. The van der Waals surface area contributed by atoms with Gasteiger partial charge in [-0.25, -0.2) is 8.78 Å². The van der Waals surface area contributed by atoms with Crippen molar-refractivity contribution in [2.24, 2.45) is 11.3 Å². The molecule has 0 bridgehead atoms. The molecule has 0 nitrogen and oxygen atoms in total. The van der Waals surface area contributed by atoms with Gasteiger partial charge in [-0.2, -0.15) is 0 Å². The van der Waals surface area contributed by atoms with Gasteiger partial charge < -0.3 is 0 Å². The Morgan fingerprint density at radius 2 is 2.09 bits per heavy atom. The highest BCUT2D eigenvalue weighted by Crippen LogP contribution is 2.50. The van der Waals surface area contributed by atoms with Gasteiger partial charge in [-0.1, -0.05) is 22.9 Å². The smallest absolute Gasteiger partial charge is 0.211 e. The first-order valence-corrected chi connectivity index (χ1v) is 5.04. The molecule has 66 valence electrons. The SMILES string of the molecule is CC1CC(CBr)(CC(F)F)C1. The number of hydrogen-bond acceptors (Lipinski definition) is 0. The van der Waals surface area contributed by atoms with Crippen molar-refractivity contribution in [1.82, 2.24) is 0 Å². The Balaban J connectivity index is 2.38. The highest BCUT2D eigenvalue weighted by Gasteiger charge is 2.42. The Hall–Kier alpha value is 0.340. The minimum atomic E-state index is -2.14. The van der Waals surface area contributed by atoms with E-state index in [1.54, 1.807) is 0 Å². The summed E-state index contributed by atoms with van der Waals surface area (Å²) in [6.07, 6.45) is -0.145. The molecule has 0 radical (unpaired) electrons. The molecule has 1 aliphatic carbocycles. The lowest BCUT2D eigenvalue weighted by Crippen LogP contribution is -2.38. The van der Waals surface area contributed by atoms with Crippen molar-refractivity contribution < 1.29 is 8.78 Å². The molecule has 0 unspecified atom stereocenters. The molecule has 11 heavy (non-hydrogen) atoms. The van der Waals surface area contributed by atoms with Crippen LogP contribution in [0.5, 0.6) is 0 Å². The minimum Gasteiger partial charge on any atom is -0.211 e. The first kappa shape index (κ1) is 9.43. The van der Waals surface area contributed by atoms with Crippen LogP contribution in [0.4, 0.5) is 8.78 Å². The fourth-order valence-corrected chi connectivity index (χ4v) is 2.76. The second-order valence-electron chi connectivity index (χ2n) is 3.74. The van der Waals surface area contributed by atoms with E-state index in [0.717, 1.165) is 18.2 Å². The highest BCUT2D eigenvalue weighted by molar-refractivity contribution is 9.09. The summed E-state index contributed by atoms with van der Waals surface area (Å²) >= 11 is 3.31. The van der Waals surface area contributed by atoms with Crippen LogP contribution in [0, 0.1) is 11.3 Å². The van der Waals surface area contributed by atoms with Crippen LogP contribution in [0.1, 0.15) is 26.2 Å². The van der Waals surface area contributed by atoms with Crippen molar-refractivity contribution in [1.29, 1.82) is 0 Å². The van der Waals surface area contributed by atoms with Crippen molar-refractivity contribution in [2.45, 2.75) is 32.6 Å². The fourth-order valence-electron chi connectivity index (χ4n) is 2.08. The third kappa shape index (κ3) is 2.14. The van der Waals surface area contributed by atoms with Crippen molar-refractivity contribution in [3.8, 4) is 0 Å². The Bertz CT molecular complexity index is 130. The van der Waals surface area contributed by atoms with Crippen molar-refractivity contribution in [2.75, 3.05) is 5.33 Å². The first-order valence-electron chi connectivity index (χ1n) is 3.92. The van der Waals surface area contributed by atoms with Crippen LogP contribution in [0.3, 0.4) is 0 Å². The molecule has 0 aromatic carbocycles. The van der Waals surface area contributed by atoms with E-state index < -0.39 is 6.43 Å². The highest BCUT2D eigenvalue weighted by atomic mass is 79.9. The number of halogens is 3. The molecule has 0 aliphatic heterocycles. The summed E-state index contributed by atoms with van der Waals surface area (Å²) in [7, 11) is 0. The Morgan fingerprint density at radius 1 is 1.55 bits per heavy atom. The summed E-state index contributed by atoms with van der Waals surface area (Å²) in [6, 6.07) is 0. The predicted molar refractivity (Wildman–Crippen MR) is 45.2 cm³/mol. The maximum atomic E-state index is 12.0. The van der Waals surface area contributed by atoms with Crippen molar-refractivity contribution in [3.63, 3.8) is 0 Å². The number of alkyl halides is 3. The average Bonchev–Trinajstić information content (AvgIpc) is 1.82. The first-order chi connectivity index (χ1) is 5.08. The van der Waals surface area contributed by atoms with Crippen molar-refractivity contribution >= 4 is 15.9 Å². The minimum absolute atomic E-state index is 0.0720. The maximum absolute atomic E-state index is 12.0. The van der Waals surface area contributed by atoms with Crippen LogP contribution in [0.15, 0.2) is 0 Å². The molecule has 0 aromatic rings. The number of rotatable bonds is 3. The Labute approximate surface area is 74.5 Å². The third-order valence-electron chi connectivity index (χ3n) is 2.43. The quantitative estimate of drug-likeness (QED) is 0.647. The summed E-state index contributed by atoms with van der Waals surface area (Å²) in [6.45, 7) is 2.12. The van der Waals surface area contributed by atoms with Crippen LogP contribution in [-0.4, -0.2) is 11.8 Å². The molecule has 1 aliphatic rings. The maximum Gasteiger partial charge on any atom is 0.239 e. The molecule has 0 amide bonds. The largest absolute Gasteiger partial charge is 0.239 e. The third-order valence-corrected chi connectivity index (χ3v) is 3.62. The van der Waals surface area contributed by atoms with Gasteiger partial charge in [0.1, 0.15) is 0 Å². The van der Waals surface area contributed by atoms with Crippen molar-refractivity contribution in [3.05, 3.63) is 0 Å².